The van der Waals surface area contributed by atoms with Crippen molar-refractivity contribution in [2.75, 3.05) is 26.7 Å². The molecule has 1 aliphatic heterocycles. The number of morpholine rings is 1. The summed E-state index contributed by atoms with van der Waals surface area (Å²) < 4.78 is 34.4. The van der Waals surface area contributed by atoms with Gasteiger partial charge in [-0.05, 0) is 11.1 Å². The van der Waals surface area contributed by atoms with E-state index in [1.807, 2.05) is 60.7 Å². The van der Waals surface area contributed by atoms with Crippen LogP contribution in [0, 0.1) is 0 Å². The summed E-state index contributed by atoms with van der Waals surface area (Å²) in [7, 11) is -1.89. The lowest BCUT2D eigenvalue weighted by atomic mass is 10.1. The molecule has 0 N–H and O–H groups in total. The molecule has 6 heteroatoms. The molecule has 5 nitrogen and oxygen atoms in total. The van der Waals surface area contributed by atoms with Crippen LogP contribution in [-0.4, -0.2) is 43.8 Å². The molecule has 0 unspecified atom stereocenters. The highest BCUT2D eigenvalue weighted by Gasteiger charge is 2.32. The van der Waals surface area contributed by atoms with E-state index < -0.39 is 10.2 Å². The highest BCUT2D eigenvalue weighted by molar-refractivity contribution is 7.86. The van der Waals surface area contributed by atoms with E-state index in [1.165, 1.54) is 8.61 Å². The molecule has 0 aromatic heterocycles. The first-order valence-electron chi connectivity index (χ1n) is 7.99. The number of ether oxygens (including phenoxy) is 1. The summed E-state index contributed by atoms with van der Waals surface area (Å²) in [5.74, 6) is 0. The molecular weight excluding hydrogens is 324 g/mol. The molecule has 1 fully saturated rings. The summed E-state index contributed by atoms with van der Waals surface area (Å²) in [4.78, 5) is 0. The fourth-order valence-electron chi connectivity index (χ4n) is 2.82. The molecule has 0 bridgehead atoms. The Morgan fingerprint density at radius 2 is 1.71 bits per heavy atom. The maximum absolute atomic E-state index is 12.9. The molecule has 1 saturated heterocycles. The predicted molar refractivity (Wildman–Crippen MR) is 93.5 cm³/mol. The third-order valence-corrected chi connectivity index (χ3v) is 6.07. The summed E-state index contributed by atoms with van der Waals surface area (Å²) in [5.41, 5.74) is 1.97. The van der Waals surface area contributed by atoms with E-state index in [9.17, 15) is 8.42 Å². The average Bonchev–Trinajstić information content (AvgIpc) is 2.63. The van der Waals surface area contributed by atoms with E-state index in [0.717, 1.165) is 11.1 Å². The van der Waals surface area contributed by atoms with Crippen LogP contribution in [0.1, 0.15) is 17.2 Å². The first kappa shape index (κ1) is 17.1. The van der Waals surface area contributed by atoms with Crippen LogP contribution in [0.4, 0.5) is 0 Å². The zero-order valence-electron chi connectivity index (χ0n) is 13.7. The van der Waals surface area contributed by atoms with Crippen LogP contribution in [0.25, 0.3) is 0 Å². The van der Waals surface area contributed by atoms with Gasteiger partial charge in [-0.1, -0.05) is 60.7 Å². The summed E-state index contributed by atoms with van der Waals surface area (Å²) >= 11 is 0. The number of benzene rings is 2. The van der Waals surface area contributed by atoms with Gasteiger partial charge in [-0.2, -0.15) is 17.0 Å². The minimum absolute atomic E-state index is 0.222. The number of hydrogen-bond acceptors (Lipinski definition) is 3. The molecule has 2 aromatic carbocycles. The minimum atomic E-state index is -3.51. The second-order valence-electron chi connectivity index (χ2n) is 5.88. The first-order valence-corrected chi connectivity index (χ1v) is 9.39. The fourth-order valence-corrected chi connectivity index (χ4v) is 4.16. The molecule has 3 rings (SSSR count). The largest absolute Gasteiger partial charge is 0.371 e. The van der Waals surface area contributed by atoms with Gasteiger partial charge in [0, 0.05) is 26.7 Å². The second-order valence-corrected chi connectivity index (χ2v) is 7.91. The van der Waals surface area contributed by atoms with Crippen LogP contribution < -0.4 is 0 Å². The van der Waals surface area contributed by atoms with Gasteiger partial charge in [-0.25, -0.2) is 0 Å². The predicted octanol–water partition coefficient (Wildman–Crippen LogP) is 2.44. The Morgan fingerprint density at radius 3 is 2.38 bits per heavy atom. The third kappa shape index (κ3) is 3.84. The minimum Gasteiger partial charge on any atom is -0.371 e. The van der Waals surface area contributed by atoms with Crippen molar-refractivity contribution in [3.63, 3.8) is 0 Å². The van der Waals surface area contributed by atoms with Crippen LogP contribution in [-0.2, 0) is 21.5 Å². The highest BCUT2D eigenvalue weighted by atomic mass is 32.2. The van der Waals surface area contributed by atoms with E-state index in [4.69, 9.17) is 4.74 Å². The molecule has 128 valence electrons. The van der Waals surface area contributed by atoms with Gasteiger partial charge >= 0.3 is 0 Å². The number of nitrogens with zero attached hydrogens (tertiary/aromatic N) is 2. The summed E-state index contributed by atoms with van der Waals surface area (Å²) in [6, 6.07) is 19.4. The Morgan fingerprint density at radius 1 is 1.08 bits per heavy atom. The first-order chi connectivity index (χ1) is 11.6. The van der Waals surface area contributed by atoms with Gasteiger partial charge in [0.25, 0.3) is 10.2 Å². The van der Waals surface area contributed by atoms with Crippen molar-refractivity contribution in [3.8, 4) is 0 Å². The lowest BCUT2D eigenvalue weighted by Crippen LogP contribution is -2.47. The van der Waals surface area contributed by atoms with Gasteiger partial charge in [0.05, 0.1) is 12.7 Å². The topological polar surface area (TPSA) is 49.9 Å². The maximum atomic E-state index is 12.9. The summed E-state index contributed by atoms with van der Waals surface area (Å²) in [5, 5.41) is 0. The third-order valence-electron chi connectivity index (χ3n) is 4.17. The Bertz CT molecular complexity index is 750. The summed E-state index contributed by atoms with van der Waals surface area (Å²) in [6.07, 6.45) is -0.222. The monoisotopic (exact) mass is 346 g/mol. The van der Waals surface area contributed by atoms with Crippen molar-refractivity contribution in [1.29, 1.82) is 0 Å². The van der Waals surface area contributed by atoms with Crippen LogP contribution in [0.5, 0.6) is 0 Å². The Labute approximate surface area is 143 Å². The smallest absolute Gasteiger partial charge is 0.282 e. The van der Waals surface area contributed by atoms with E-state index in [-0.39, 0.29) is 6.10 Å². The molecular formula is C18H22N2O3S. The average molecular weight is 346 g/mol. The van der Waals surface area contributed by atoms with Gasteiger partial charge in [-0.3, -0.25) is 0 Å². The SMILES string of the molecule is CN(Cc1ccccc1)S(=O)(=O)N1CCO[C@H](c2ccccc2)C1. The Kier molecular flexibility index (Phi) is 5.30. The van der Waals surface area contributed by atoms with Crippen LogP contribution in [0.15, 0.2) is 60.7 Å². The lowest BCUT2D eigenvalue weighted by molar-refractivity contribution is -0.00414. The fraction of sp³-hybridized carbons (Fsp3) is 0.333. The molecule has 24 heavy (non-hydrogen) atoms. The quantitative estimate of drug-likeness (QED) is 0.835. The Balaban J connectivity index is 1.72. The second kappa shape index (κ2) is 7.44. The van der Waals surface area contributed by atoms with E-state index in [2.05, 4.69) is 0 Å². The molecule has 2 aromatic rings. The number of rotatable bonds is 5. The molecule has 0 spiro atoms. The molecule has 0 radical (unpaired) electrons. The van der Waals surface area contributed by atoms with Crippen molar-refractivity contribution in [2.24, 2.45) is 0 Å². The lowest BCUT2D eigenvalue weighted by Gasteiger charge is -2.34. The van der Waals surface area contributed by atoms with Crippen LogP contribution >= 0.6 is 0 Å². The van der Waals surface area contributed by atoms with E-state index >= 15 is 0 Å². The van der Waals surface area contributed by atoms with Gasteiger partial charge in [0.2, 0.25) is 0 Å². The van der Waals surface area contributed by atoms with Gasteiger partial charge in [0.1, 0.15) is 0 Å². The molecule has 0 amide bonds. The molecule has 0 saturated carbocycles. The van der Waals surface area contributed by atoms with Gasteiger partial charge in [0.15, 0.2) is 0 Å². The van der Waals surface area contributed by atoms with Crippen LogP contribution in [0.2, 0.25) is 0 Å². The van der Waals surface area contributed by atoms with Gasteiger partial charge < -0.3 is 4.74 Å². The zero-order valence-corrected chi connectivity index (χ0v) is 14.5. The van der Waals surface area contributed by atoms with Crippen molar-refractivity contribution in [3.05, 3.63) is 71.8 Å². The standard InChI is InChI=1S/C18H22N2O3S/c1-19(14-16-8-4-2-5-9-16)24(21,22)20-12-13-23-18(15-20)17-10-6-3-7-11-17/h2-11,18H,12-15H2,1H3/t18-/m0/s1. The van der Waals surface area contributed by atoms with E-state index in [1.54, 1.807) is 7.05 Å². The molecule has 1 aliphatic rings. The zero-order chi connectivity index (χ0) is 17.0. The van der Waals surface area contributed by atoms with Crippen molar-refractivity contribution >= 4 is 10.2 Å². The highest BCUT2D eigenvalue weighted by Crippen LogP contribution is 2.24. The normalized spacial score (nSPS) is 19.5. The van der Waals surface area contributed by atoms with Crippen molar-refractivity contribution in [2.45, 2.75) is 12.6 Å². The number of hydrogen-bond donors (Lipinski definition) is 0. The molecule has 1 atom stereocenters. The van der Waals surface area contributed by atoms with Crippen LogP contribution in [0.3, 0.4) is 0 Å². The van der Waals surface area contributed by atoms with Crippen molar-refractivity contribution in [1.82, 2.24) is 8.61 Å². The van der Waals surface area contributed by atoms with Gasteiger partial charge in [-0.15, -0.1) is 0 Å². The van der Waals surface area contributed by atoms with E-state index in [0.29, 0.717) is 26.2 Å². The molecule has 1 heterocycles. The summed E-state index contributed by atoms with van der Waals surface area (Å²) in [6.45, 7) is 1.48. The Hall–Kier alpha value is -1.73. The maximum Gasteiger partial charge on any atom is 0.282 e. The molecule has 0 aliphatic carbocycles. The van der Waals surface area contributed by atoms with Crippen molar-refractivity contribution < 1.29 is 13.2 Å².